The van der Waals surface area contributed by atoms with Crippen LogP contribution in [0.1, 0.15) is 335 Å². The highest BCUT2D eigenvalue weighted by Gasteiger charge is 2.19. The van der Waals surface area contributed by atoms with E-state index in [1.807, 2.05) is 0 Å². The topological polar surface area (TPSA) is 78.9 Å². The molecule has 0 bridgehead atoms. The molecule has 0 spiro atoms. The van der Waals surface area contributed by atoms with E-state index < -0.39 is 6.10 Å². The van der Waals surface area contributed by atoms with E-state index >= 15 is 0 Å². The molecule has 0 heterocycles. The smallest absolute Gasteiger partial charge is 0.306 e. The van der Waals surface area contributed by atoms with Crippen molar-refractivity contribution in [2.24, 2.45) is 0 Å². The van der Waals surface area contributed by atoms with Gasteiger partial charge in [-0.2, -0.15) is 0 Å². The Kier molecular flexibility index (Phi) is 57.2. The molecule has 6 nitrogen and oxygen atoms in total. The Bertz CT molecular complexity index is 1170. The number of hydrogen-bond acceptors (Lipinski definition) is 6. The lowest BCUT2D eigenvalue weighted by atomic mass is 10.0. The van der Waals surface area contributed by atoms with E-state index in [1.165, 1.54) is 231 Å². The SMILES string of the molecule is CCCCCCC/C=C\C/C=C\CCCCCCCCCCCC(=O)OCC(COC(=O)CCCCCCCCCCCCCCCC)OC(=O)CCCCCCCCC/C=C\CCCCCCCC. The monoisotopic (exact) mass is 983 g/mol. The minimum absolute atomic E-state index is 0.0711. The van der Waals surface area contributed by atoms with Gasteiger partial charge in [0.1, 0.15) is 13.2 Å². The molecule has 0 aliphatic carbocycles. The van der Waals surface area contributed by atoms with Gasteiger partial charge in [0.05, 0.1) is 0 Å². The third-order valence-corrected chi connectivity index (χ3v) is 13.9. The van der Waals surface area contributed by atoms with Crippen LogP contribution in [0.25, 0.3) is 0 Å². The number of unbranched alkanes of at least 4 members (excludes halogenated alkanes) is 40. The zero-order chi connectivity index (χ0) is 50.7. The van der Waals surface area contributed by atoms with Crippen LogP contribution >= 0.6 is 0 Å². The Hall–Kier alpha value is -2.37. The first-order chi connectivity index (χ1) is 34.5. The van der Waals surface area contributed by atoms with Crippen LogP contribution in [-0.4, -0.2) is 37.2 Å². The fourth-order valence-electron chi connectivity index (χ4n) is 9.18. The molecule has 0 N–H and O–H groups in total. The van der Waals surface area contributed by atoms with Gasteiger partial charge in [-0.1, -0.05) is 276 Å². The van der Waals surface area contributed by atoms with Gasteiger partial charge >= 0.3 is 17.9 Å². The Morgan fingerprint density at radius 3 is 0.800 bits per heavy atom. The second kappa shape index (κ2) is 59.2. The van der Waals surface area contributed by atoms with Gasteiger partial charge in [0.2, 0.25) is 0 Å². The second-order valence-corrected chi connectivity index (χ2v) is 21.0. The molecule has 0 aromatic heterocycles. The molecule has 0 saturated heterocycles. The molecule has 1 atom stereocenters. The van der Waals surface area contributed by atoms with Crippen molar-refractivity contribution in [1.29, 1.82) is 0 Å². The molecule has 0 aromatic carbocycles. The van der Waals surface area contributed by atoms with E-state index in [4.69, 9.17) is 14.2 Å². The summed E-state index contributed by atoms with van der Waals surface area (Å²) in [5.74, 6) is -0.859. The van der Waals surface area contributed by atoms with E-state index in [0.717, 1.165) is 64.2 Å². The van der Waals surface area contributed by atoms with Crippen molar-refractivity contribution in [1.82, 2.24) is 0 Å². The van der Waals surface area contributed by atoms with E-state index in [0.29, 0.717) is 19.3 Å². The lowest BCUT2D eigenvalue weighted by Gasteiger charge is -2.18. The van der Waals surface area contributed by atoms with Crippen LogP contribution in [0.15, 0.2) is 36.5 Å². The van der Waals surface area contributed by atoms with Gasteiger partial charge < -0.3 is 14.2 Å². The number of carbonyl (C=O) groups is 3. The third kappa shape index (κ3) is 56.5. The van der Waals surface area contributed by atoms with Crippen LogP contribution in [0.4, 0.5) is 0 Å². The maximum Gasteiger partial charge on any atom is 0.306 e. The van der Waals surface area contributed by atoms with Gasteiger partial charge in [0, 0.05) is 19.3 Å². The van der Waals surface area contributed by atoms with Crippen molar-refractivity contribution in [2.75, 3.05) is 13.2 Å². The first-order valence-electron chi connectivity index (χ1n) is 31.0. The van der Waals surface area contributed by atoms with Crippen molar-refractivity contribution in [3.63, 3.8) is 0 Å². The molecule has 0 aliphatic heterocycles. The number of rotatable bonds is 57. The quantitative estimate of drug-likeness (QED) is 0.0261. The normalized spacial score (nSPS) is 12.2. The molecular weight excluding hydrogens is 865 g/mol. The highest BCUT2D eigenvalue weighted by molar-refractivity contribution is 5.71. The summed E-state index contributed by atoms with van der Waals surface area (Å²) in [5, 5.41) is 0. The Labute approximate surface area is 435 Å². The predicted octanol–water partition coefficient (Wildman–Crippen LogP) is 20.8. The number of allylic oxidation sites excluding steroid dienone is 6. The first-order valence-corrected chi connectivity index (χ1v) is 31.0. The molecule has 0 aromatic rings. The van der Waals surface area contributed by atoms with Gasteiger partial charge in [-0.15, -0.1) is 0 Å². The summed E-state index contributed by atoms with van der Waals surface area (Å²) in [7, 11) is 0. The first kappa shape index (κ1) is 67.6. The molecule has 0 radical (unpaired) electrons. The van der Waals surface area contributed by atoms with Crippen molar-refractivity contribution in [3.05, 3.63) is 36.5 Å². The van der Waals surface area contributed by atoms with Gasteiger partial charge in [-0.05, 0) is 77.0 Å². The van der Waals surface area contributed by atoms with Gasteiger partial charge in [-0.3, -0.25) is 14.4 Å². The number of hydrogen-bond donors (Lipinski definition) is 0. The van der Waals surface area contributed by atoms with Crippen molar-refractivity contribution >= 4 is 17.9 Å². The molecule has 6 heteroatoms. The standard InChI is InChI=1S/C64H118O6/c1-4-7-10-13-16-19-22-25-28-30-31-32-33-35-36-39-42-45-48-51-54-57-63(66)69-60-61(59-68-62(65)56-53-50-47-44-41-38-27-24-21-18-15-12-9-6-3)70-64(67)58-55-52-49-46-43-40-37-34-29-26-23-20-17-14-11-8-5-2/h22,25-26,29-31,61H,4-21,23-24,27-28,32-60H2,1-3H3/b25-22-,29-26-,31-30-. The third-order valence-electron chi connectivity index (χ3n) is 13.9. The lowest BCUT2D eigenvalue weighted by molar-refractivity contribution is -0.167. The van der Waals surface area contributed by atoms with Crippen LogP contribution < -0.4 is 0 Å². The largest absolute Gasteiger partial charge is 0.462 e. The summed E-state index contributed by atoms with van der Waals surface area (Å²) >= 11 is 0. The summed E-state index contributed by atoms with van der Waals surface area (Å²) in [6.45, 7) is 6.67. The van der Waals surface area contributed by atoms with Crippen molar-refractivity contribution in [3.8, 4) is 0 Å². The Morgan fingerprint density at radius 1 is 0.286 bits per heavy atom. The molecule has 0 aliphatic rings. The van der Waals surface area contributed by atoms with Gasteiger partial charge in [-0.25, -0.2) is 0 Å². The Balaban J connectivity index is 4.32. The van der Waals surface area contributed by atoms with Crippen LogP contribution in [0.2, 0.25) is 0 Å². The van der Waals surface area contributed by atoms with Crippen molar-refractivity contribution in [2.45, 2.75) is 341 Å². The summed E-state index contributed by atoms with van der Waals surface area (Å²) in [6, 6.07) is 0. The van der Waals surface area contributed by atoms with E-state index in [-0.39, 0.29) is 31.1 Å². The predicted molar refractivity (Wildman–Crippen MR) is 302 cm³/mol. The number of carbonyl (C=O) groups excluding carboxylic acids is 3. The maximum absolute atomic E-state index is 12.9. The number of ether oxygens (including phenoxy) is 3. The lowest BCUT2D eigenvalue weighted by Crippen LogP contribution is -2.30. The maximum atomic E-state index is 12.9. The van der Waals surface area contributed by atoms with E-state index in [1.54, 1.807) is 0 Å². The molecule has 410 valence electrons. The summed E-state index contributed by atoms with van der Waals surface area (Å²) < 4.78 is 16.9. The average molecular weight is 984 g/mol. The van der Waals surface area contributed by atoms with Crippen molar-refractivity contribution < 1.29 is 28.6 Å². The zero-order valence-electron chi connectivity index (χ0n) is 47.1. The number of esters is 3. The minimum Gasteiger partial charge on any atom is -0.462 e. The zero-order valence-corrected chi connectivity index (χ0v) is 47.1. The van der Waals surface area contributed by atoms with Crippen LogP contribution in [-0.2, 0) is 28.6 Å². The van der Waals surface area contributed by atoms with E-state index in [2.05, 4.69) is 57.2 Å². The van der Waals surface area contributed by atoms with Gasteiger partial charge in [0.25, 0.3) is 0 Å². The van der Waals surface area contributed by atoms with Crippen LogP contribution in [0, 0.1) is 0 Å². The average Bonchev–Trinajstić information content (AvgIpc) is 3.36. The molecule has 0 amide bonds. The molecule has 0 saturated carbocycles. The fraction of sp³-hybridized carbons (Fsp3) is 0.859. The Morgan fingerprint density at radius 2 is 0.514 bits per heavy atom. The molecule has 0 fully saturated rings. The summed E-state index contributed by atoms with van der Waals surface area (Å²) in [4.78, 5) is 38.2. The fourth-order valence-corrected chi connectivity index (χ4v) is 9.18. The van der Waals surface area contributed by atoms with Crippen LogP contribution in [0.3, 0.4) is 0 Å². The van der Waals surface area contributed by atoms with Gasteiger partial charge in [0.15, 0.2) is 6.10 Å². The second-order valence-electron chi connectivity index (χ2n) is 21.0. The van der Waals surface area contributed by atoms with Crippen LogP contribution in [0.5, 0.6) is 0 Å². The molecule has 70 heavy (non-hydrogen) atoms. The molecular formula is C64H118O6. The molecule has 1 unspecified atom stereocenters. The highest BCUT2D eigenvalue weighted by Crippen LogP contribution is 2.17. The summed E-state index contributed by atoms with van der Waals surface area (Å²) in [5.41, 5.74) is 0. The summed E-state index contributed by atoms with van der Waals surface area (Å²) in [6.07, 6.45) is 71.4. The molecule has 0 rings (SSSR count). The minimum atomic E-state index is -0.774. The highest BCUT2D eigenvalue weighted by atomic mass is 16.6. The van der Waals surface area contributed by atoms with E-state index in [9.17, 15) is 14.4 Å².